The number of likely N-dealkylation sites (N-methyl/N-ethyl adjacent to an activating group) is 1. The molecule has 1 spiro atoms. The third-order valence-corrected chi connectivity index (χ3v) is 4.10. The predicted molar refractivity (Wildman–Crippen MR) is 65.7 cm³/mol. The Kier molecular flexibility index (Phi) is 2.78. The summed E-state index contributed by atoms with van der Waals surface area (Å²) in [7, 11) is 2.29. The highest BCUT2D eigenvalue weighted by Crippen LogP contribution is 2.40. The van der Waals surface area contributed by atoms with Crippen LogP contribution in [-0.4, -0.2) is 24.0 Å². The van der Waals surface area contributed by atoms with Gasteiger partial charge in [-0.25, -0.2) is 0 Å². The summed E-state index contributed by atoms with van der Waals surface area (Å²) in [5, 5.41) is 0. The maximum absolute atomic E-state index is 2.58. The third kappa shape index (κ3) is 1.58. The van der Waals surface area contributed by atoms with Crippen molar-refractivity contribution >= 4 is 12.4 Å². The van der Waals surface area contributed by atoms with Gasteiger partial charge in [0, 0.05) is 5.54 Å². The first kappa shape index (κ1) is 11.0. The summed E-state index contributed by atoms with van der Waals surface area (Å²) in [4.78, 5) is 2.58. The first-order valence-electron chi connectivity index (χ1n) is 5.58. The molecule has 1 aliphatic heterocycles. The maximum atomic E-state index is 2.58. The molecule has 2 aliphatic rings. The van der Waals surface area contributed by atoms with Crippen LogP contribution in [0.4, 0.5) is 0 Å². The Balaban J connectivity index is 0.000000853. The minimum Gasteiger partial charge on any atom is -0.300 e. The first-order valence-corrected chi connectivity index (χ1v) is 5.58. The summed E-state index contributed by atoms with van der Waals surface area (Å²) >= 11 is 0. The Morgan fingerprint density at radius 3 is 2.20 bits per heavy atom. The molecule has 1 heterocycles. The number of halogens is 1. The minimum atomic E-state index is 0. The van der Waals surface area contributed by atoms with Gasteiger partial charge >= 0.3 is 0 Å². The zero-order chi connectivity index (χ0) is 9.60. The van der Waals surface area contributed by atoms with Gasteiger partial charge in [-0.2, -0.15) is 0 Å². The molecule has 0 aromatic heterocycles. The van der Waals surface area contributed by atoms with Gasteiger partial charge in [0.25, 0.3) is 0 Å². The smallest absolute Gasteiger partial charge is 0.0287 e. The zero-order valence-corrected chi connectivity index (χ0v) is 10.0. The molecule has 0 N–H and O–H groups in total. The van der Waals surface area contributed by atoms with Crippen LogP contribution >= 0.6 is 12.4 Å². The summed E-state index contributed by atoms with van der Waals surface area (Å²) in [6.07, 6.45) is 5.32. The Morgan fingerprint density at radius 1 is 1.13 bits per heavy atom. The molecule has 0 radical (unpaired) electrons. The predicted octanol–water partition coefficient (Wildman–Crippen LogP) is 2.67. The van der Waals surface area contributed by atoms with Crippen LogP contribution in [0.5, 0.6) is 0 Å². The Hall–Kier alpha value is -0.530. The highest BCUT2D eigenvalue weighted by molar-refractivity contribution is 5.85. The summed E-state index contributed by atoms with van der Waals surface area (Å²) in [5.74, 6) is 0. The van der Waals surface area contributed by atoms with Crippen molar-refractivity contribution in [2.24, 2.45) is 0 Å². The van der Waals surface area contributed by atoms with E-state index in [9.17, 15) is 0 Å². The highest BCUT2D eigenvalue weighted by atomic mass is 35.5. The van der Waals surface area contributed by atoms with Crippen molar-refractivity contribution in [3.63, 3.8) is 0 Å². The lowest BCUT2D eigenvalue weighted by Gasteiger charge is -2.31. The van der Waals surface area contributed by atoms with Crippen LogP contribution in [0, 0.1) is 0 Å². The van der Waals surface area contributed by atoms with Gasteiger partial charge in [-0.05, 0) is 50.4 Å². The molecule has 1 nitrogen and oxygen atoms in total. The lowest BCUT2D eigenvalue weighted by atomic mass is 9.93. The molecule has 1 saturated heterocycles. The Labute approximate surface area is 97.9 Å². The van der Waals surface area contributed by atoms with Crippen LogP contribution in [0.1, 0.15) is 24.0 Å². The van der Waals surface area contributed by atoms with E-state index in [1.54, 1.807) is 11.1 Å². The van der Waals surface area contributed by atoms with E-state index in [0.717, 1.165) is 0 Å². The number of fused-ring (bicyclic) bond motifs is 1. The number of hydrogen-bond acceptors (Lipinski definition) is 1. The minimum absolute atomic E-state index is 0. The van der Waals surface area contributed by atoms with Crippen LogP contribution in [0.25, 0.3) is 0 Å². The summed E-state index contributed by atoms with van der Waals surface area (Å²) < 4.78 is 0. The third-order valence-electron chi connectivity index (χ3n) is 4.10. The second kappa shape index (κ2) is 3.80. The Bertz CT molecular complexity index is 336. The fourth-order valence-electron chi connectivity index (χ4n) is 3.19. The SMILES string of the molecule is CN1CCCC12Cc1ccccc1C2.Cl. The monoisotopic (exact) mass is 223 g/mol. The van der Waals surface area contributed by atoms with Gasteiger partial charge in [0.15, 0.2) is 0 Å². The van der Waals surface area contributed by atoms with Crippen molar-refractivity contribution in [1.29, 1.82) is 0 Å². The van der Waals surface area contributed by atoms with Crippen LogP contribution in [0.3, 0.4) is 0 Å². The van der Waals surface area contributed by atoms with Crippen LogP contribution in [-0.2, 0) is 12.8 Å². The summed E-state index contributed by atoms with van der Waals surface area (Å²) in [5.41, 5.74) is 3.66. The molecule has 1 aromatic rings. The molecule has 82 valence electrons. The van der Waals surface area contributed by atoms with Gasteiger partial charge in [-0.3, -0.25) is 0 Å². The molecule has 1 aromatic carbocycles. The van der Waals surface area contributed by atoms with Crippen molar-refractivity contribution in [3.05, 3.63) is 35.4 Å². The van der Waals surface area contributed by atoms with Crippen molar-refractivity contribution in [1.82, 2.24) is 4.90 Å². The molecule has 0 bridgehead atoms. The van der Waals surface area contributed by atoms with Gasteiger partial charge in [-0.15, -0.1) is 12.4 Å². The van der Waals surface area contributed by atoms with E-state index in [1.807, 2.05) is 0 Å². The van der Waals surface area contributed by atoms with Gasteiger partial charge in [-0.1, -0.05) is 24.3 Å². The van der Waals surface area contributed by atoms with Crippen molar-refractivity contribution in [2.75, 3.05) is 13.6 Å². The lowest BCUT2D eigenvalue weighted by Crippen LogP contribution is -2.41. The number of rotatable bonds is 0. The van der Waals surface area contributed by atoms with Crippen molar-refractivity contribution in [3.8, 4) is 0 Å². The van der Waals surface area contributed by atoms with E-state index in [4.69, 9.17) is 0 Å². The maximum Gasteiger partial charge on any atom is 0.0287 e. The molecule has 1 aliphatic carbocycles. The van der Waals surface area contributed by atoms with E-state index < -0.39 is 0 Å². The number of nitrogens with zero attached hydrogens (tertiary/aromatic N) is 1. The number of benzene rings is 1. The van der Waals surface area contributed by atoms with Crippen LogP contribution < -0.4 is 0 Å². The van der Waals surface area contributed by atoms with Crippen LogP contribution in [0.15, 0.2) is 24.3 Å². The van der Waals surface area contributed by atoms with Crippen molar-refractivity contribution in [2.45, 2.75) is 31.2 Å². The normalized spacial score (nSPS) is 22.7. The molecule has 0 atom stereocenters. The zero-order valence-electron chi connectivity index (χ0n) is 9.20. The van der Waals surface area contributed by atoms with E-state index in [-0.39, 0.29) is 12.4 Å². The topological polar surface area (TPSA) is 3.24 Å². The van der Waals surface area contributed by atoms with Gasteiger partial charge < -0.3 is 4.90 Å². The molecule has 2 heteroatoms. The molecule has 15 heavy (non-hydrogen) atoms. The van der Waals surface area contributed by atoms with Crippen molar-refractivity contribution < 1.29 is 0 Å². The Morgan fingerprint density at radius 2 is 1.73 bits per heavy atom. The molecule has 1 fully saturated rings. The van der Waals surface area contributed by atoms with E-state index in [1.165, 1.54) is 32.2 Å². The van der Waals surface area contributed by atoms with E-state index >= 15 is 0 Å². The number of hydrogen-bond donors (Lipinski definition) is 0. The largest absolute Gasteiger partial charge is 0.300 e. The average molecular weight is 224 g/mol. The standard InChI is InChI=1S/C13H17N.ClH/c1-14-8-4-7-13(14)9-11-5-2-3-6-12(11)10-13;/h2-3,5-6H,4,7-10H2,1H3;1H. The summed E-state index contributed by atoms with van der Waals surface area (Å²) in [6, 6.07) is 8.95. The summed E-state index contributed by atoms with van der Waals surface area (Å²) in [6.45, 7) is 1.29. The molecule has 0 unspecified atom stereocenters. The second-order valence-corrected chi connectivity index (χ2v) is 4.87. The average Bonchev–Trinajstić information content (AvgIpc) is 2.71. The van der Waals surface area contributed by atoms with Crippen LogP contribution in [0.2, 0.25) is 0 Å². The molecule has 3 rings (SSSR count). The van der Waals surface area contributed by atoms with E-state index in [2.05, 4.69) is 36.2 Å². The van der Waals surface area contributed by atoms with Gasteiger partial charge in [0.1, 0.15) is 0 Å². The molecule has 0 amide bonds. The second-order valence-electron chi connectivity index (χ2n) is 4.87. The first-order chi connectivity index (χ1) is 6.80. The molecule has 0 saturated carbocycles. The van der Waals surface area contributed by atoms with E-state index in [0.29, 0.717) is 5.54 Å². The number of likely N-dealkylation sites (tertiary alicyclic amines) is 1. The highest BCUT2D eigenvalue weighted by Gasteiger charge is 2.42. The fourth-order valence-corrected chi connectivity index (χ4v) is 3.19. The molecular formula is C13H18ClN. The molecular weight excluding hydrogens is 206 g/mol. The van der Waals surface area contributed by atoms with Gasteiger partial charge in [0.05, 0.1) is 0 Å². The van der Waals surface area contributed by atoms with Gasteiger partial charge in [0.2, 0.25) is 0 Å². The quantitative estimate of drug-likeness (QED) is 0.654. The fraction of sp³-hybridized carbons (Fsp3) is 0.538. The lowest BCUT2D eigenvalue weighted by molar-refractivity contribution is 0.185.